The van der Waals surface area contributed by atoms with Gasteiger partial charge in [0, 0.05) is 6.42 Å². The number of hydrogen-bond donors (Lipinski definition) is 2. The van der Waals surface area contributed by atoms with E-state index >= 15 is 0 Å². The van der Waals surface area contributed by atoms with Crippen LogP contribution in [0, 0.1) is 0 Å². The zero-order valence-electron chi connectivity index (χ0n) is 40.7. The van der Waals surface area contributed by atoms with Gasteiger partial charge < -0.3 is 28.8 Å². The summed E-state index contributed by atoms with van der Waals surface area (Å²) < 4.78 is 23.4. The van der Waals surface area contributed by atoms with Crippen LogP contribution in [-0.4, -0.2) is 68.5 Å². The monoisotopic (exact) mass is 871 g/mol. The van der Waals surface area contributed by atoms with Crippen LogP contribution in [-0.2, 0) is 18.4 Å². The van der Waals surface area contributed by atoms with Gasteiger partial charge in [-0.3, -0.25) is 9.36 Å². The zero-order valence-corrected chi connectivity index (χ0v) is 41.6. The number of unbranched alkanes of at least 4 members (excludes halogenated alkanes) is 33. The number of carbonyl (C=O) groups is 1. The van der Waals surface area contributed by atoms with Crippen molar-refractivity contribution < 1.29 is 32.9 Å². The summed E-state index contributed by atoms with van der Waals surface area (Å²) in [7, 11) is 1.31. The summed E-state index contributed by atoms with van der Waals surface area (Å²) in [6, 6.07) is -0.799. The standard InChI is InChI=1S/C51H103N2O6P/c1-6-8-10-12-14-16-18-20-22-24-26-27-29-31-33-35-37-39-41-43-45-51(55)52-49(48-59-60(56,57)58-47-46-53(3,4)5)50(54)44-42-40-38-36-34-32-30-28-25-23-21-19-17-15-13-11-9-7-2/h26-27,49-50,54H,6-25,28-48H2,1-5H3,(H-,52,55,56,57)/b27-26-. The van der Waals surface area contributed by atoms with E-state index in [9.17, 15) is 19.4 Å². The molecule has 0 aliphatic carbocycles. The Morgan fingerprint density at radius 3 is 1.30 bits per heavy atom. The molecule has 0 spiro atoms. The molecule has 1 amide bonds. The number of likely N-dealkylation sites (N-methyl/N-ethyl adjacent to an activating group) is 1. The lowest BCUT2D eigenvalue weighted by molar-refractivity contribution is -0.870. The first kappa shape index (κ1) is 59.2. The molecule has 358 valence electrons. The third kappa shape index (κ3) is 45.3. The summed E-state index contributed by atoms with van der Waals surface area (Å²) in [4.78, 5) is 25.4. The molecule has 9 heteroatoms. The minimum absolute atomic E-state index is 0.0135. The Morgan fingerprint density at radius 1 is 0.567 bits per heavy atom. The minimum Gasteiger partial charge on any atom is -0.756 e. The van der Waals surface area contributed by atoms with E-state index in [1.54, 1.807) is 0 Å². The van der Waals surface area contributed by atoms with Gasteiger partial charge in [0.05, 0.1) is 39.9 Å². The highest BCUT2D eigenvalue weighted by Crippen LogP contribution is 2.38. The topological polar surface area (TPSA) is 108 Å². The summed E-state index contributed by atoms with van der Waals surface area (Å²) in [6.45, 7) is 4.75. The van der Waals surface area contributed by atoms with E-state index in [4.69, 9.17) is 9.05 Å². The highest BCUT2D eigenvalue weighted by atomic mass is 31.2. The number of carbonyl (C=O) groups excluding carboxylic acids is 1. The van der Waals surface area contributed by atoms with E-state index in [0.29, 0.717) is 23.9 Å². The first-order valence-electron chi connectivity index (χ1n) is 26.0. The van der Waals surface area contributed by atoms with Crippen LogP contribution in [0.5, 0.6) is 0 Å². The van der Waals surface area contributed by atoms with Gasteiger partial charge in [0.15, 0.2) is 0 Å². The Balaban J connectivity index is 4.24. The second-order valence-electron chi connectivity index (χ2n) is 19.2. The number of hydrogen-bond acceptors (Lipinski definition) is 6. The average Bonchev–Trinajstić information content (AvgIpc) is 3.20. The Labute approximate surface area is 373 Å². The lowest BCUT2D eigenvalue weighted by Gasteiger charge is -2.30. The largest absolute Gasteiger partial charge is 0.756 e. The van der Waals surface area contributed by atoms with Crippen LogP contribution in [0.4, 0.5) is 0 Å². The second kappa shape index (κ2) is 43.5. The fourth-order valence-electron chi connectivity index (χ4n) is 7.86. The van der Waals surface area contributed by atoms with E-state index in [1.165, 1.54) is 193 Å². The summed E-state index contributed by atoms with van der Waals surface area (Å²) >= 11 is 0. The Morgan fingerprint density at radius 2 is 0.917 bits per heavy atom. The maximum absolute atomic E-state index is 12.9. The highest BCUT2D eigenvalue weighted by Gasteiger charge is 2.24. The van der Waals surface area contributed by atoms with Gasteiger partial charge in [0.25, 0.3) is 7.82 Å². The van der Waals surface area contributed by atoms with E-state index < -0.39 is 20.0 Å². The van der Waals surface area contributed by atoms with Crippen molar-refractivity contribution in [2.24, 2.45) is 0 Å². The van der Waals surface area contributed by atoms with Gasteiger partial charge in [-0.2, -0.15) is 0 Å². The van der Waals surface area contributed by atoms with E-state index in [0.717, 1.165) is 38.5 Å². The number of amides is 1. The molecule has 3 atom stereocenters. The van der Waals surface area contributed by atoms with Crippen LogP contribution in [0.2, 0.25) is 0 Å². The number of phosphoric ester groups is 1. The van der Waals surface area contributed by atoms with Gasteiger partial charge in [-0.15, -0.1) is 0 Å². The van der Waals surface area contributed by atoms with E-state index in [-0.39, 0.29) is 19.1 Å². The van der Waals surface area contributed by atoms with Gasteiger partial charge in [0.1, 0.15) is 13.2 Å². The van der Waals surface area contributed by atoms with Crippen molar-refractivity contribution in [2.45, 2.75) is 270 Å². The van der Waals surface area contributed by atoms with Gasteiger partial charge in [-0.25, -0.2) is 0 Å². The fraction of sp³-hybridized carbons (Fsp3) is 0.941. The van der Waals surface area contributed by atoms with Crippen molar-refractivity contribution in [3.63, 3.8) is 0 Å². The first-order valence-corrected chi connectivity index (χ1v) is 27.5. The van der Waals surface area contributed by atoms with Crippen LogP contribution < -0.4 is 10.2 Å². The lowest BCUT2D eigenvalue weighted by atomic mass is 10.0. The average molecular weight is 871 g/mol. The van der Waals surface area contributed by atoms with Crippen LogP contribution >= 0.6 is 7.82 Å². The molecule has 8 nitrogen and oxygen atoms in total. The quantitative estimate of drug-likeness (QED) is 0.0273. The Hall–Kier alpha value is -0.760. The predicted octanol–water partition coefficient (Wildman–Crippen LogP) is 14.5. The summed E-state index contributed by atoms with van der Waals surface area (Å²) in [5.41, 5.74) is 0. The molecule has 0 heterocycles. The number of rotatable bonds is 48. The number of aliphatic hydroxyl groups excluding tert-OH is 1. The number of allylic oxidation sites excluding steroid dienone is 2. The zero-order chi connectivity index (χ0) is 44.3. The van der Waals surface area contributed by atoms with Gasteiger partial charge in [-0.05, 0) is 38.5 Å². The molecule has 2 N–H and O–H groups in total. The number of aliphatic hydroxyl groups is 1. The molecular weight excluding hydrogens is 768 g/mol. The summed E-state index contributed by atoms with van der Waals surface area (Å²) in [5, 5.41) is 14.0. The van der Waals surface area contributed by atoms with Crippen LogP contribution in [0.15, 0.2) is 12.2 Å². The Bertz CT molecular complexity index is 989. The molecule has 0 bridgehead atoms. The summed E-state index contributed by atoms with van der Waals surface area (Å²) in [6.07, 6.45) is 50.8. The molecule has 0 saturated carbocycles. The van der Waals surface area contributed by atoms with Crippen LogP contribution in [0.25, 0.3) is 0 Å². The molecule has 0 rings (SSSR count). The number of nitrogens with zero attached hydrogens (tertiary/aromatic N) is 1. The molecule has 0 radical (unpaired) electrons. The number of phosphoric acid groups is 1. The second-order valence-corrected chi connectivity index (χ2v) is 20.6. The van der Waals surface area contributed by atoms with Crippen molar-refractivity contribution >= 4 is 13.7 Å². The summed E-state index contributed by atoms with van der Waals surface area (Å²) in [5.74, 6) is -0.165. The molecule has 0 aromatic rings. The molecule has 60 heavy (non-hydrogen) atoms. The smallest absolute Gasteiger partial charge is 0.268 e. The van der Waals surface area contributed by atoms with Crippen molar-refractivity contribution in [3.05, 3.63) is 12.2 Å². The molecule has 3 unspecified atom stereocenters. The maximum atomic E-state index is 12.9. The third-order valence-electron chi connectivity index (χ3n) is 12.0. The molecule has 0 fully saturated rings. The molecule has 0 aliphatic heterocycles. The fourth-order valence-corrected chi connectivity index (χ4v) is 8.58. The van der Waals surface area contributed by atoms with Gasteiger partial charge in [-0.1, -0.05) is 225 Å². The SMILES string of the molecule is CCCCCCCCCCC/C=C\CCCCCCCCCC(=O)NC(COP(=O)([O-])OCC[N+](C)(C)C)C(O)CCCCCCCCCCCCCCCCCCCC. The van der Waals surface area contributed by atoms with Crippen LogP contribution in [0.3, 0.4) is 0 Å². The van der Waals surface area contributed by atoms with Crippen molar-refractivity contribution in [1.29, 1.82) is 0 Å². The van der Waals surface area contributed by atoms with Gasteiger partial charge in [0.2, 0.25) is 5.91 Å². The molecule has 0 aromatic heterocycles. The van der Waals surface area contributed by atoms with Crippen molar-refractivity contribution in [1.82, 2.24) is 5.32 Å². The molecule has 0 aromatic carbocycles. The minimum atomic E-state index is -4.57. The van der Waals surface area contributed by atoms with Crippen molar-refractivity contribution in [2.75, 3.05) is 40.9 Å². The van der Waals surface area contributed by atoms with E-state index in [1.807, 2.05) is 21.1 Å². The van der Waals surface area contributed by atoms with Crippen molar-refractivity contribution in [3.8, 4) is 0 Å². The number of nitrogens with one attached hydrogen (secondary N) is 1. The van der Waals surface area contributed by atoms with E-state index in [2.05, 4.69) is 31.3 Å². The molecule has 0 saturated heterocycles. The highest BCUT2D eigenvalue weighted by molar-refractivity contribution is 7.45. The lowest BCUT2D eigenvalue weighted by Crippen LogP contribution is -2.46. The predicted molar refractivity (Wildman–Crippen MR) is 256 cm³/mol. The van der Waals surface area contributed by atoms with Crippen LogP contribution in [0.1, 0.15) is 258 Å². The first-order chi connectivity index (χ1) is 29.0. The number of quaternary nitrogens is 1. The molecular formula is C51H103N2O6P. The maximum Gasteiger partial charge on any atom is 0.268 e. The van der Waals surface area contributed by atoms with Gasteiger partial charge >= 0.3 is 0 Å². The normalized spacial score (nSPS) is 14.2. The third-order valence-corrected chi connectivity index (χ3v) is 13.0. The Kier molecular flexibility index (Phi) is 42.9. The molecule has 0 aliphatic rings.